The molecule has 0 fully saturated rings. The third-order valence-electron chi connectivity index (χ3n) is 2.81. The molecule has 1 rings (SSSR count). The summed E-state index contributed by atoms with van der Waals surface area (Å²) in [7, 11) is -2.15. The van der Waals surface area contributed by atoms with Crippen molar-refractivity contribution in [2.45, 2.75) is 31.8 Å². The van der Waals surface area contributed by atoms with Gasteiger partial charge in [-0.3, -0.25) is 0 Å². The Morgan fingerprint density at radius 2 is 2.00 bits per heavy atom. The zero-order valence-electron chi connectivity index (χ0n) is 13.0. The lowest BCUT2D eigenvalue weighted by Gasteiger charge is -2.20. The lowest BCUT2D eigenvalue weighted by atomic mass is 10.3. The molecule has 7 heteroatoms. The van der Waals surface area contributed by atoms with Gasteiger partial charge >= 0.3 is 0 Å². The summed E-state index contributed by atoms with van der Waals surface area (Å²) in [5.41, 5.74) is 6.08. The Morgan fingerprint density at radius 3 is 2.57 bits per heavy atom. The van der Waals surface area contributed by atoms with Crippen molar-refractivity contribution < 1.29 is 17.9 Å². The maximum atomic E-state index is 12.6. The van der Waals surface area contributed by atoms with Gasteiger partial charge in [-0.1, -0.05) is 0 Å². The van der Waals surface area contributed by atoms with Crippen molar-refractivity contribution in [3.63, 3.8) is 0 Å². The number of rotatable bonds is 8. The Balaban J connectivity index is 2.98. The molecule has 0 bridgehead atoms. The second-order valence-corrected chi connectivity index (χ2v) is 6.90. The molecular weight excluding hydrogens is 292 g/mol. The van der Waals surface area contributed by atoms with Crippen LogP contribution in [0.2, 0.25) is 0 Å². The van der Waals surface area contributed by atoms with Gasteiger partial charge in [0.15, 0.2) is 0 Å². The van der Waals surface area contributed by atoms with Crippen LogP contribution in [0.1, 0.15) is 20.8 Å². The second kappa shape index (κ2) is 7.63. The van der Waals surface area contributed by atoms with Crippen LogP contribution in [0.4, 0.5) is 5.69 Å². The van der Waals surface area contributed by atoms with Crippen LogP contribution in [0.25, 0.3) is 0 Å². The van der Waals surface area contributed by atoms with Gasteiger partial charge in [-0.05, 0) is 39.0 Å². The molecule has 0 spiro atoms. The van der Waals surface area contributed by atoms with E-state index in [9.17, 15) is 8.42 Å². The van der Waals surface area contributed by atoms with Crippen molar-refractivity contribution in [1.82, 2.24) is 4.31 Å². The molecule has 0 saturated heterocycles. The van der Waals surface area contributed by atoms with Gasteiger partial charge in [0.05, 0.1) is 19.3 Å². The highest BCUT2D eigenvalue weighted by atomic mass is 32.2. The van der Waals surface area contributed by atoms with E-state index in [2.05, 4.69) is 0 Å². The van der Waals surface area contributed by atoms with Crippen LogP contribution >= 0.6 is 0 Å². The number of benzene rings is 1. The molecule has 21 heavy (non-hydrogen) atoms. The summed E-state index contributed by atoms with van der Waals surface area (Å²) in [5, 5.41) is 0. The van der Waals surface area contributed by atoms with Crippen LogP contribution in [-0.2, 0) is 14.8 Å². The SMILES string of the molecule is CCOc1ccc(N)cc1S(=O)(=O)N(C)CCOC(C)C. The molecule has 2 N–H and O–H groups in total. The number of nitrogen functional groups attached to an aromatic ring is 1. The fourth-order valence-corrected chi connectivity index (χ4v) is 3.02. The maximum Gasteiger partial charge on any atom is 0.246 e. The van der Waals surface area contributed by atoms with Gasteiger partial charge in [-0.2, -0.15) is 4.31 Å². The number of sulfonamides is 1. The lowest BCUT2D eigenvalue weighted by Crippen LogP contribution is -2.31. The van der Waals surface area contributed by atoms with Crippen molar-refractivity contribution in [2.24, 2.45) is 0 Å². The number of likely N-dealkylation sites (N-methyl/N-ethyl adjacent to an activating group) is 1. The minimum atomic E-state index is -3.66. The predicted molar refractivity (Wildman–Crippen MR) is 82.9 cm³/mol. The minimum absolute atomic E-state index is 0.0625. The molecule has 0 unspecified atom stereocenters. The van der Waals surface area contributed by atoms with E-state index in [4.69, 9.17) is 15.2 Å². The van der Waals surface area contributed by atoms with E-state index in [-0.39, 0.29) is 17.5 Å². The molecular formula is C14H24N2O4S. The number of nitrogens with two attached hydrogens (primary N) is 1. The molecule has 120 valence electrons. The Hall–Kier alpha value is -1.31. The van der Waals surface area contributed by atoms with Crippen LogP contribution in [-0.4, -0.2) is 45.6 Å². The lowest BCUT2D eigenvalue weighted by molar-refractivity contribution is 0.0737. The zero-order chi connectivity index (χ0) is 16.0. The summed E-state index contributed by atoms with van der Waals surface area (Å²) >= 11 is 0. The predicted octanol–water partition coefficient (Wildman–Crippen LogP) is 1.71. The van der Waals surface area contributed by atoms with Crippen LogP contribution < -0.4 is 10.5 Å². The molecule has 1 aromatic carbocycles. The Morgan fingerprint density at radius 1 is 1.33 bits per heavy atom. The number of hydrogen-bond acceptors (Lipinski definition) is 5. The van der Waals surface area contributed by atoms with Crippen molar-refractivity contribution >= 4 is 15.7 Å². The maximum absolute atomic E-state index is 12.6. The van der Waals surface area contributed by atoms with E-state index in [0.717, 1.165) is 0 Å². The first-order chi connectivity index (χ1) is 9.78. The first kappa shape index (κ1) is 17.7. The van der Waals surface area contributed by atoms with E-state index < -0.39 is 10.0 Å². The topological polar surface area (TPSA) is 81.9 Å². The van der Waals surface area contributed by atoms with E-state index in [1.54, 1.807) is 19.1 Å². The molecule has 1 aromatic rings. The summed E-state index contributed by atoms with van der Waals surface area (Å²) in [6.45, 7) is 6.58. The van der Waals surface area contributed by atoms with Gasteiger partial charge in [0.25, 0.3) is 0 Å². The normalized spacial score (nSPS) is 12.1. The minimum Gasteiger partial charge on any atom is -0.492 e. The molecule has 0 aliphatic heterocycles. The summed E-state index contributed by atoms with van der Waals surface area (Å²) in [4.78, 5) is 0.0800. The standard InChI is InChI=1S/C14H24N2O4S/c1-5-19-13-7-6-12(15)10-14(13)21(17,18)16(4)8-9-20-11(2)3/h6-7,10-11H,5,8-9,15H2,1-4H3. The molecule has 0 amide bonds. The van der Waals surface area contributed by atoms with Crippen LogP contribution in [0, 0.1) is 0 Å². The molecule has 0 aliphatic carbocycles. The molecule has 0 aromatic heterocycles. The van der Waals surface area contributed by atoms with Crippen molar-refractivity contribution in [1.29, 1.82) is 0 Å². The largest absolute Gasteiger partial charge is 0.492 e. The third kappa shape index (κ3) is 4.87. The van der Waals surface area contributed by atoms with Crippen LogP contribution in [0.5, 0.6) is 5.75 Å². The van der Waals surface area contributed by atoms with Gasteiger partial charge in [0, 0.05) is 19.3 Å². The van der Waals surface area contributed by atoms with E-state index >= 15 is 0 Å². The molecule has 0 saturated carbocycles. The Kier molecular flexibility index (Phi) is 6.44. The van der Waals surface area contributed by atoms with Gasteiger partial charge < -0.3 is 15.2 Å². The number of hydrogen-bond donors (Lipinski definition) is 1. The second-order valence-electron chi connectivity index (χ2n) is 4.89. The Bertz CT molecular complexity index is 558. The Labute approximate surface area is 126 Å². The summed E-state index contributed by atoms with van der Waals surface area (Å²) < 4.78 is 37.2. The highest BCUT2D eigenvalue weighted by Crippen LogP contribution is 2.28. The fourth-order valence-electron chi connectivity index (χ4n) is 1.71. The van der Waals surface area contributed by atoms with Crippen molar-refractivity contribution in [3.8, 4) is 5.75 Å². The number of anilines is 1. The molecule has 0 aliphatic rings. The molecule has 0 radical (unpaired) electrons. The number of ether oxygens (including phenoxy) is 2. The van der Waals surface area contributed by atoms with Crippen LogP contribution in [0.3, 0.4) is 0 Å². The highest BCUT2D eigenvalue weighted by Gasteiger charge is 2.25. The smallest absolute Gasteiger partial charge is 0.246 e. The summed E-state index contributed by atoms with van der Waals surface area (Å²) in [6, 6.07) is 4.61. The summed E-state index contributed by atoms with van der Waals surface area (Å²) in [6.07, 6.45) is 0.0625. The van der Waals surface area contributed by atoms with Gasteiger partial charge in [-0.15, -0.1) is 0 Å². The first-order valence-electron chi connectivity index (χ1n) is 6.89. The van der Waals surface area contributed by atoms with Gasteiger partial charge in [0.1, 0.15) is 10.6 Å². The van der Waals surface area contributed by atoms with Gasteiger partial charge in [-0.25, -0.2) is 8.42 Å². The average Bonchev–Trinajstić information content (AvgIpc) is 2.40. The van der Waals surface area contributed by atoms with Gasteiger partial charge in [0.2, 0.25) is 10.0 Å². The molecule has 6 nitrogen and oxygen atoms in total. The van der Waals surface area contributed by atoms with Crippen molar-refractivity contribution in [2.75, 3.05) is 32.5 Å². The zero-order valence-corrected chi connectivity index (χ0v) is 13.8. The highest BCUT2D eigenvalue weighted by molar-refractivity contribution is 7.89. The monoisotopic (exact) mass is 316 g/mol. The van der Waals surface area contributed by atoms with E-state index in [1.807, 2.05) is 13.8 Å². The molecule has 0 atom stereocenters. The van der Waals surface area contributed by atoms with E-state index in [0.29, 0.717) is 24.7 Å². The molecule has 0 heterocycles. The fraction of sp³-hybridized carbons (Fsp3) is 0.571. The number of nitrogens with zero attached hydrogens (tertiary/aromatic N) is 1. The van der Waals surface area contributed by atoms with E-state index in [1.165, 1.54) is 17.4 Å². The summed E-state index contributed by atoms with van der Waals surface area (Å²) in [5.74, 6) is 0.309. The van der Waals surface area contributed by atoms with Crippen molar-refractivity contribution in [3.05, 3.63) is 18.2 Å². The first-order valence-corrected chi connectivity index (χ1v) is 8.33. The van der Waals surface area contributed by atoms with Crippen LogP contribution in [0.15, 0.2) is 23.1 Å². The third-order valence-corrected chi connectivity index (χ3v) is 4.69. The average molecular weight is 316 g/mol. The quantitative estimate of drug-likeness (QED) is 0.738.